The molecular formula is C13H8ClF2NO2. The molecular weight excluding hydrogens is 276 g/mol. The minimum Gasteiger partial charge on any atom is -0.471 e. The van der Waals surface area contributed by atoms with E-state index in [1.54, 1.807) is 0 Å². The number of halogens is 3. The lowest BCUT2D eigenvalue weighted by molar-refractivity contribution is 0.112. The van der Waals surface area contributed by atoms with Gasteiger partial charge in [-0.3, -0.25) is 4.79 Å². The Hall–Kier alpha value is -2.01. The van der Waals surface area contributed by atoms with Crippen LogP contribution in [0.15, 0.2) is 30.5 Å². The van der Waals surface area contributed by atoms with Crippen LogP contribution in [0.25, 0.3) is 0 Å². The zero-order valence-corrected chi connectivity index (χ0v) is 10.3. The molecule has 0 saturated heterocycles. The largest absolute Gasteiger partial charge is 0.471 e. The number of benzene rings is 1. The Morgan fingerprint density at radius 2 is 2.11 bits per heavy atom. The van der Waals surface area contributed by atoms with Crippen LogP contribution in [-0.4, -0.2) is 11.3 Å². The zero-order valence-electron chi connectivity index (χ0n) is 9.57. The molecule has 1 heterocycles. The second-order valence-electron chi connectivity index (χ2n) is 3.66. The Bertz CT molecular complexity index is 599. The van der Waals surface area contributed by atoms with Crippen molar-refractivity contribution in [2.75, 3.05) is 0 Å². The Kier molecular flexibility index (Phi) is 4.06. The van der Waals surface area contributed by atoms with Crippen LogP contribution in [-0.2, 0) is 6.61 Å². The van der Waals surface area contributed by atoms with E-state index in [9.17, 15) is 13.6 Å². The van der Waals surface area contributed by atoms with Crippen LogP contribution in [0, 0.1) is 11.6 Å². The minimum absolute atomic E-state index is 0.0915. The number of rotatable bonds is 4. The van der Waals surface area contributed by atoms with Gasteiger partial charge in [0.25, 0.3) is 5.88 Å². The van der Waals surface area contributed by atoms with Gasteiger partial charge >= 0.3 is 0 Å². The quantitative estimate of drug-likeness (QED) is 0.807. The van der Waals surface area contributed by atoms with Crippen molar-refractivity contribution in [1.82, 2.24) is 4.98 Å². The summed E-state index contributed by atoms with van der Waals surface area (Å²) in [5.74, 6) is -1.65. The third-order valence-corrected chi connectivity index (χ3v) is 2.73. The topological polar surface area (TPSA) is 39.2 Å². The molecule has 0 aliphatic heterocycles. The Labute approximate surface area is 112 Å². The summed E-state index contributed by atoms with van der Waals surface area (Å²) < 4.78 is 32.0. The van der Waals surface area contributed by atoms with Gasteiger partial charge in [0.1, 0.15) is 12.4 Å². The van der Waals surface area contributed by atoms with E-state index in [1.807, 2.05) is 0 Å². The van der Waals surface area contributed by atoms with E-state index in [0.29, 0.717) is 6.29 Å². The van der Waals surface area contributed by atoms with Crippen LogP contribution in [0.2, 0.25) is 5.02 Å². The molecule has 0 bridgehead atoms. The Balaban J connectivity index is 2.17. The van der Waals surface area contributed by atoms with E-state index in [4.69, 9.17) is 16.3 Å². The number of hydrogen-bond acceptors (Lipinski definition) is 3. The Morgan fingerprint density at radius 1 is 1.32 bits per heavy atom. The van der Waals surface area contributed by atoms with Crippen LogP contribution in [0.1, 0.15) is 15.9 Å². The molecule has 0 radical (unpaired) electrons. The molecule has 0 saturated carbocycles. The second kappa shape index (κ2) is 5.75. The summed E-state index contributed by atoms with van der Waals surface area (Å²) in [5.41, 5.74) is 0.207. The molecule has 1 aromatic heterocycles. The summed E-state index contributed by atoms with van der Waals surface area (Å²) in [6.45, 7) is -0.254. The lowest BCUT2D eigenvalue weighted by atomic mass is 10.2. The molecule has 0 spiro atoms. The normalized spacial score (nSPS) is 10.3. The third-order valence-electron chi connectivity index (χ3n) is 2.38. The summed E-state index contributed by atoms with van der Waals surface area (Å²) in [5, 5.41) is 0.185. The molecule has 0 atom stereocenters. The number of ether oxygens (including phenoxy) is 1. The molecule has 3 nitrogen and oxygen atoms in total. The summed E-state index contributed by atoms with van der Waals surface area (Å²) in [4.78, 5) is 14.1. The molecule has 0 unspecified atom stereocenters. The maximum absolute atomic E-state index is 13.5. The first kappa shape index (κ1) is 13.4. The Morgan fingerprint density at radius 3 is 2.74 bits per heavy atom. The van der Waals surface area contributed by atoms with E-state index in [0.717, 1.165) is 12.3 Å². The average molecular weight is 284 g/mol. The highest BCUT2D eigenvalue weighted by molar-refractivity contribution is 6.31. The monoisotopic (exact) mass is 283 g/mol. The van der Waals surface area contributed by atoms with Gasteiger partial charge in [0.2, 0.25) is 0 Å². The van der Waals surface area contributed by atoms with Crippen molar-refractivity contribution in [1.29, 1.82) is 0 Å². The van der Waals surface area contributed by atoms with Crippen molar-refractivity contribution >= 4 is 17.9 Å². The third kappa shape index (κ3) is 3.06. The van der Waals surface area contributed by atoms with Gasteiger partial charge in [-0.15, -0.1) is 0 Å². The van der Waals surface area contributed by atoms with E-state index >= 15 is 0 Å². The molecule has 2 rings (SSSR count). The van der Waals surface area contributed by atoms with Gasteiger partial charge < -0.3 is 4.74 Å². The molecule has 19 heavy (non-hydrogen) atoms. The fourth-order valence-electron chi connectivity index (χ4n) is 1.42. The van der Waals surface area contributed by atoms with Crippen LogP contribution in [0.5, 0.6) is 5.88 Å². The SMILES string of the molecule is O=Cc1cnc(OCc2c(F)cccc2Cl)c(F)c1. The molecule has 6 heteroatoms. The predicted molar refractivity (Wildman–Crippen MR) is 65.3 cm³/mol. The fourth-order valence-corrected chi connectivity index (χ4v) is 1.64. The zero-order chi connectivity index (χ0) is 13.8. The number of aromatic nitrogens is 1. The van der Waals surface area contributed by atoms with Crippen molar-refractivity contribution < 1.29 is 18.3 Å². The highest BCUT2D eigenvalue weighted by Gasteiger charge is 2.11. The van der Waals surface area contributed by atoms with Crippen molar-refractivity contribution in [3.63, 3.8) is 0 Å². The highest BCUT2D eigenvalue weighted by atomic mass is 35.5. The molecule has 0 fully saturated rings. The van der Waals surface area contributed by atoms with Gasteiger partial charge in [-0.1, -0.05) is 17.7 Å². The van der Waals surface area contributed by atoms with Crippen molar-refractivity contribution in [3.8, 4) is 5.88 Å². The summed E-state index contributed by atoms with van der Waals surface area (Å²) in [6, 6.07) is 5.17. The maximum Gasteiger partial charge on any atom is 0.250 e. The smallest absolute Gasteiger partial charge is 0.250 e. The molecule has 0 aliphatic carbocycles. The van der Waals surface area contributed by atoms with Gasteiger partial charge in [-0.25, -0.2) is 13.8 Å². The average Bonchev–Trinajstić information content (AvgIpc) is 2.39. The van der Waals surface area contributed by atoms with Crippen LogP contribution >= 0.6 is 11.6 Å². The number of carbonyl (C=O) groups excluding carboxylic acids is 1. The van der Waals surface area contributed by atoms with E-state index in [-0.39, 0.29) is 28.6 Å². The molecule has 0 amide bonds. The van der Waals surface area contributed by atoms with Crippen LogP contribution in [0.3, 0.4) is 0 Å². The molecule has 0 N–H and O–H groups in total. The van der Waals surface area contributed by atoms with Gasteiger partial charge in [0.15, 0.2) is 12.1 Å². The fraction of sp³-hybridized carbons (Fsp3) is 0.0769. The van der Waals surface area contributed by atoms with Gasteiger partial charge in [-0.2, -0.15) is 0 Å². The molecule has 2 aromatic rings. The second-order valence-corrected chi connectivity index (χ2v) is 4.07. The number of hydrogen-bond donors (Lipinski definition) is 0. The predicted octanol–water partition coefficient (Wildman–Crippen LogP) is 3.40. The minimum atomic E-state index is -0.794. The van der Waals surface area contributed by atoms with E-state index in [1.165, 1.54) is 18.2 Å². The number of nitrogens with zero attached hydrogens (tertiary/aromatic N) is 1. The molecule has 98 valence electrons. The van der Waals surface area contributed by atoms with Crippen LogP contribution in [0.4, 0.5) is 8.78 Å². The first-order chi connectivity index (χ1) is 9.11. The number of aldehydes is 1. The van der Waals surface area contributed by atoms with Crippen molar-refractivity contribution in [2.24, 2.45) is 0 Å². The molecule has 0 aliphatic rings. The van der Waals surface area contributed by atoms with Crippen molar-refractivity contribution in [3.05, 3.63) is 58.2 Å². The van der Waals surface area contributed by atoms with Gasteiger partial charge in [0, 0.05) is 17.3 Å². The summed E-state index contributed by atoms with van der Waals surface area (Å²) in [7, 11) is 0. The number of pyridine rings is 1. The molecule has 1 aromatic carbocycles. The van der Waals surface area contributed by atoms with Crippen molar-refractivity contribution in [2.45, 2.75) is 6.61 Å². The highest BCUT2D eigenvalue weighted by Crippen LogP contribution is 2.22. The summed E-state index contributed by atoms with van der Waals surface area (Å²) >= 11 is 5.80. The van der Waals surface area contributed by atoms with E-state index < -0.39 is 11.6 Å². The summed E-state index contributed by atoms with van der Waals surface area (Å²) in [6.07, 6.45) is 1.63. The van der Waals surface area contributed by atoms with Crippen LogP contribution < -0.4 is 4.74 Å². The van der Waals surface area contributed by atoms with Gasteiger partial charge in [-0.05, 0) is 18.2 Å². The maximum atomic E-state index is 13.5. The standard InChI is InChI=1S/C13H8ClF2NO2/c14-10-2-1-3-11(15)9(10)7-19-13-12(16)4-8(6-18)5-17-13/h1-6H,7H2. The first-order valence-electron chi connectivity index (χ1n) is 5.28. The lowest BCUT2D eigenvalue weighted by Crippen LogP contribution is -2.03. The van der Waals surface area contributed by atoms with E-state index in [2.05, 4.69) is 4.98 Å². The lowest BCUT2D eigenvalue weighted by Gasteiger charge is -2.08. The first-order valence-corrected chi connectivity index (χ1v) is 5.66. The number of carbonyl (C=O) groups is 1. The van der Waals surface area contributed by atoms with Gasteiger partial charge in [0.05, 0.1) is 5.02 Å².